The fourth-order valence-electron chi connectivity index (χ4n) is 3.20. The number of nitriles is 1. The molecule has 0 atom stereocenters. The van der Waals surface area contributed by atoms with Crippen LogP contribution < -0.4 is 14.8 Å². The van der Waals surface area contributed by atoms with E-state index in [2.05, 4.69) is 5.32 Å². The molecule has 7 nitrogen and oxygen atoms in total. The van der Waals surface area contributed by atoms with Gasteiger partial charge in [0, 0.05) is 0 Å². The molecular formula is C26H21ClN2O5. The molecule has 0 aliphatic carbocycles. The lowest BCUT2D eigenvalue weighted by molar-refractivity contribution is -0.112. The van der Waals surface area contributed by atoms with Gasteiger partial charge in [0.2, 0.25) is 0 Å². The van der Waals surface area contributed by atoms with E-state index in [-0.39, 0.29) is 28.5 Å². The van der Waals surface area contributed by atoms with Crippen LogP contribution >= 0.6 is 11.6 Å². The number of methoxy groups -OCH3 is 1. The van der Waals surface area contributed by atoms with Crippen molar-refractivity contribution in [3.8, 4) is 17.6 Å². The molecule has 0 spiro atoms. The van der Waals surface area contributed by atoms with Crippen LogP contribution in [-0.4, -0.2) is 24.1 Å². The van der Waals surface area contributed by atoms with Crippen LogP contribution in [0.1, 0.15) is 27.0 Å². The molecule has 8 heteroatoms. The standard InChI is InChI=1S/C26H21ClN2O5/c1-16-6-5-7-17(10-16)15-34-24-21(27)12-18(13-23(24)33-2)11-19(14-28)25(30)29-22-9-4-3-8-20(22)26(31)32/h3-13H,15H2,1-2H3,(H,29,30)(H,31,32). The minimum Gasteiger partial charge on any atom is -0.493 e. The molecule has 0 aliphatic heterocycles. The van der Waals surface area contributed by atoms with Crippen LogP contribution in [0.3, 0.4) is 0 Å². The first kappa shape index (κ1) is 24.4. The number of carbonyl (C=O) groups excluding carboxylic acids is 1. The second-order valence-electron chi connectivity index (χ2n) is 7.29. The number of para-hydroxylation sites is 1. The number of halogens is 1. The maximum Gasteiger partial charge on any atom is 0.337 e. The van der Waals surface area contributed by atoms with Crippen molar-refractivity contribution in [2.45, 2.75) is 13.5 Å². The van der Waals surface area contributed by atoms with Gasteiger partial charge in [-0.3, -0.25) is 4.79 Å². The maximum atomic E-state index is 12.6. The summed E-state index contributed by atoms with van der Waals surface area (Å²) in [6.45, 7) is 2.27. The predicted octanol–water partition coefficient (Wildman–Crippen LogP) is 5.48. The molecule has 3 rings (SSSR count). The predicted molar refractivity (Wildman–Crippen MR) is 129 cm³/mol. The van der Waals surface area contributed by atoms with Crippen molar-refractivity contribution in [2.75, 3.05) is 12.4 Å². The molecular weight excluding hydrogens is 456 g/mol. The molecule has 0 saturated heterocycles. The Hall–Kier alpha value is -4.28. The van der Waals surface area contributed by atoms with Gasteiger partial charge >= 0.3 is 5.97 Å². The highest BCUT2D eigenvalue weighted by Crippen LogP contribution is 2.37. The molecule has 0 saturated carbocycles. The molecule has 0 aromatic heterocycles. The largest absolute Gasteiger partial charge is 0.493 e. The molecule has 0 radical (unpaired) electrons. The number of rotatable bonds is 8. The van der Waals surface area contributed by atoms with E-state index < -0.39 is 11.9 Å². The van der Waals surface area contributed by atoms with E-state index in [1.165, 1.54) is 31.4 Å². The van der Waals surface area contributed by atoms with Gasteiger partial charge in [-0.2, -0.15) is 5.26 Å². The Morgan fingerprint density at radius 2 is 1.91 bits per heavy atom. The minimum atomic E-state index is -1.20. The van der Waals surface area contributed by atoms with E-state index in [0.717, 1.165) is 11.1 Å². The first-order valence-corrected chi connectivity index (χ1v) is 10.5. The average Bonchev–Trinajstić information content (AvgIpc) is 2.81. The molecule has 2 N–H and O–H groups in total. The quantitative estimate of drug-likeness (QED) is 0.329. The van der Waals surface area contributed by atoms with Crippen LogP contribution in [-0.2, 0) is 11.4 Å². The summed E-state index contributed by atoms with van der Waals surface area (Å²) in [6, 6.07) is 18.7. The Bertz CT molecular complexity index is 1310. The van der Waals surface area contributed by atoms with E-state index in [9.17, 15) is 20.0 Å². The Balaban J connectivity index is 1.84. The van der Waals surface area contributed by atoms with Crippen molar-refractivity contribution in [3.63, 3.8) is 0 Å². The Morgan fingerprint density at radius 1 is 1.15 bits per heavy atom. The molecule has 3 aromatic carbocycles. The number of amides is 1. The third kappa shape index (κ3) is 5.94. The van der Waals surface area contributed by atoms with E-state index in [1.54, 1.807) is 18.2 Å². The van der Waals surface area contributed by atoms with Gasteiger partial charge in [-0.15, -0.1) is 0 Å². The highest BCUT2D eigenvalue weighted by Gasteiger charge is 2.17. The van der Waals surface area contributed by atoms with Gasteiger partial charge in [0.05, 0.1) is 23.4 Å². The zero-order valence-electron chi connectivity index (χ0n) is 18.5. The summed E-state index contributed by atoms with van der Waals surface area (Å²) in [5.41, 5.74) is 2.25. The van der Waals surface area contributed by atoms with Crippen molar-refractivity contribution >= 4 is 35.2 Å². The fourth-order valence-corrected chi connectivity index (χ4v) is 3.48. The summed E-state index contributed by atoms with van der Waals surface area (Å²) in [5.74, 6) is -1.29. The first-order chi connectivity index (χ1) is 16.3. The number of nitrogens with one attached hydrogen (secondary N) is 1. The van der Waals surface area contributed by atoms with Gasteiger partial charge in [0.1, 0.15) is 18.2 Å². The van der Waals surface area contributed by atoms with Crippen molar-refractivity contribution < 1.29 is 24.2 Å². The van der Waals surface area contributed by atoms with Crippen LogP contribution in [0.15, 0.2) is 66.2 Å². The number of benzene rings is 3. The zero-order chi connectivity index (χ0) is 24.7. The number of ether oxygens (including phenoxy) is 2. The molecule has 0 fully saturated rings. The zero-order valence-corrected chi connectivity index (χ0v) is 19.2. The number of hydrogen-bond acceptors (Lipinski definition) is 5. The van der Waals surface area contributed by atoms with Crippen LogP contribution in [0.2, 0.25) is 5.02 Å². The number of hydrogen-bond donors (Lipinski definition) is 2. The van der Waals surface area contributed by atoms with Crippen molar-refractivity contribution in [1.82, 2.24) is 0 Å². The lowest BCUT2D eigenvalue weighted by Gasteiger charge is -2.14. The molecule has 34 heavy (non-hydrogen) atoms. The number of aromatic carboxylic acids is 1. The summed E-state index contributed by atoms with van der Waals surface area (Å²) in [5, 5.41) is 21.5. The van der Waals surface area contributed by atoms with Crippen molar-refractivity contribution in [3.05, 3.63) is 93.5 Å². The van der Waals surface area contributed by atoms with Gasteiger partial charge in [0.25, 0.3) is 5.91 Å². The van der Waals surface area contributed by atoms with E-state index in [1.807, 2.05) is 37.3 Å². The molecule has 0 aliphatic rings. The smallest absolute Gasteiger partial charge is 0.337 e. The third-order valence-electron chi connectivity index (χ3n) is 4.80. The van der Waals surface area contributed by atoms with Crippen LogP contribution in [0.4, 0.5) is 5.69 Å². The number of carboxylic acids is 1. The van der Waals surface area contributed by atoms with Gasteiger partial charge in [-0.05, 0) is 48.4 Å². The number of carboxylic acid groups (broad SMARTS) is 1. The number of anilines is 1. The summed E-state index contributed by atoms with van der Waals surface area (Å²) < 4.78 is 11.3. The van der Waals surface area contributed by atoms with E-state index in [4.69, 9.17) is 21.1 Å². The summed E-state index contributed by atoms with van der Waals surface area (Å²) in [4.78, 5) is 24.0. The highest BCUT2D eigenvalue weighted by molar-refractivity contribution is 6.32. The molecule has 3 aromatic rings. The van der Waals surface area contributed by atoms with Crippen molar-refractivity contribution in [1.29, 1.82) is 5.26 Å². The van der Waals surface area contributed by atoms with Crippen LogP contribution in [0.25, 0.3) is 6.08 Å². The SMILES string of the molecule is COc1cc(C=C(C#N)C(=O)Nc2ccccc2C(=O)O)cc(Cl)c1OCc1cccc(C)c1. The van der Waals surface area contributed by atoms with Gasteiger partial charge < -0.3 is 19.9 Å². The lowest BCUT2D eigenvalue weighted by Crippen LogP contribution is -2.16. The minimum absolute atomic E-state index is 0.0802. The highest BCUT2D eigenvalue weighted by atomic mass is 35.5. The number of nitrogens with zero attached hydrogens (tertiary/aromatic N) is 1. The van der Waals surface area contributed by atoms with E-state index in [0.29, 0.717) is 17.1 Å². The van der Waals surface area contributed by atoms with Crippen LogP contribution in [0, 0.1) is 18.3 Å². The first-order valence-electron chi connectivity index (χ1n) is 10.1. The second-order valence-corrected chi connectivity index (χ2v) is 7.69. The molecule has 0 heterocycles. The van der Waals surface area contributed by atoms with Crippen molar-refractivity contribution in [2.24, 2.45) is 0 Å². The van der Waals surface area contributed by atoms with Gasteiger partial charge in [-0.1, -0.05) is 53.6 Å². The monoisotopic (exact) mass is 476 g/mol. The second kappa shape index (κ2) is 11.0. The number of carbonyl (C=O) groups is 2. The Kier molecular flexibility index (Phi) is 7.91. The molecule has 0 unspecified atom stereocenters. The average molecular weight is 477 g/mol. The lowest BCUT2D eigenvalue weighted by atomic mass is 10.1. The molecule has 0 bridgehead atoms. The molecule has 1 amide bonds. The van der Waals surface area contributed by atoms with Gasteiger partial charge in [0.15, 0.2) is 11.5 Å². The maximum absolute atomic E-state index is 12.6. The Morgan fingerprint density at radius 3 is 2.59 bits per heavy atom. The summed E-state index contributed by atoms with van der Waals surface area (Å²) in [6.07, 6.45) is 1.33. The van der Waals surface area contributed by atoms with Gasteiger partial charge in [-0.25, -0.2) is 4.79 Å². The summed E-state index contributed by atoms with van der Waals surface area (Å²) >= 11 is 6.42. The summed E-state index contributed by atoms with van der Waals surface area (Å²) in [7, 11) is 1.46. The third-order valence-corrected chi connectivity index (χ3v) is 5.08. The van der Waals surface area contributed by atoms with Crippen LogP contribution in [0.5, 0.6) is 11.5 Å². The number of aryl methyl sites for hydroxylation is 1. The Labute approximate surface area is 201 Å². The normalized spacial score (nSPS) is 10.8. The topological polar surface area (TPSA) is 109 Å². The van der Waals surface area contributed by atoms with E-state index >= 15 is 0 Å². The fraction of sp³-hybridized carbons (Fsp3) is 0.115. The molecule has 172 valence electrons.